The standard InChI is InChI=1S/C22H17N3O4S/c1-13-5-8-15(9-6-13)30(27,28)23-12-14-7-10-18-17(11-14)21-20-16(22(26)25-24-21)3-2-4-19(20)29-18/h2-11,23H,12H2,1H3,(H,25,26). The van der Waals surface area contributed by atoms with Gasteiger partial charge >= 0.3 is 0 Å². The number of aromatic amines is 1. The summed E-state index contributed by atoms with van der Waals surface area (Å²) in [7, 11) is -3.64. The number of benzene rings is 3. The molecular formula is C22H17N3O4S. The second-order valence-corrected chi connectivity index (χ2v) is 8.92. The van der Waals surface area contributed by atoms with E-state index in [4.69, 9.17) is 4.74 Å². The van der Waals surface area contributed by atoms with Gasteiger partial charge in [0.2, 0.25) is 10.0 Å². The van der Waals surface area contributed by atoms with Gasteiger partial charge in [0.05, 0.1) is 15.7 Å². The van der Waals surface area contributed by atoms with E-state index in [9.17, 15) is 13.2 Å². The maximum absolute atomic E-state index is 12.6. The van der Waals surface area contributed by atoms with Gasteiger partial charge in [0.25, 0.3) is 5.56 Å². The molecule has 1 aromatic heterocycles. The first-order chi connectivity index (χ1) is 14.4. The lowest BCUT2D eigenvalue weighted by Gasteiger charge is -2.20. The Morgan fingerprint density at radius 1 is 1.03 bits per heavy atom. The molecule has 0 unspecified atom stereocenters. The molecule has 8 heteroatoms. The molecule has 0 fully saturated rings. The average molecular weight is 419 g/mol. The summed E-state index contributed by atoms with van der Waals surface area (Å²) in [6.07, 6.45) is 0. The third-order valence-corrected chi connectivity index (χ3v) is 6.51. The topological polar surface area (TPSA) is 101 Å². The minimum atomic E-state index is -3.64. The van der Waals surface area contributed by atoms with Gasteiger partial charge in [0.1, 0.15) is 17.2 Å². The normalized spacial score (nSPS) is 12.4. The molecule has 0 spiro atoms. The molecular weight excluding hydrogens is 402 g/mol. The zero-order chi connectivity index (χ0) is 20.9. The Hall–Kier alpha value is -3.49. The molecule has 0 atom stereocenters. The van der Waals surface area contributed by atoms with Gasteiger partial charge in [-0.3, -0.25) is 4.79 Å². The number of ether oxygens (including phenoxy) is 1. The van der Waals surface area contributed by atoms with Crippen LogP contribution in [0, 0.1) is 6.92 Å². The van der Waals surface area contributed by atoms with Crippen molar-refractivity contribution in [2.75, 3.05) is 0 Å². The Bertz CT molecular complexity index is 1460. The van der Waals surface area contributed by atoms with Crippen molar-refractivity contribution in [3.63, 3.8) is 0 Å². The number of nitrogens with one attached hydrogen (secondary N) is 2. The molecule has 5 rings (SSSR count). The van der Waals surface area contributed by atoms with E-state index in [2.05, 4.69) is 14.9 Å². The minimum absolute atomic E-state index is 0.109. The maximum atomic E-state index is 12.6. The van der Waals surface area contributed by atoms with Crippen LogP contribution in [0.15, 0.2) is 70.4 Å². The molecule has 2 heterocycles. The van der Waals surface area contributed by atoms with E-state index in [1.165, 1.54) is 0 Å². The van der Waals surface area contributed by atoms with Gasteiger partial charge in [-0.1, -0.05) is 29.8 Å². The van der Waals surface area contributed by atoms with Crippen LogP contribution in [0.5, 0.6) is 11.5 Å². The van der Waals surface area contributed by atoms with Gasteiger partial charge in [0.15, 0.2) is 0 Å². The van der Waals surface area contributed by atoms with E-state index < -0.39 is 10.0 Å². The largest absolute Gasteiger partial charge is 0.456 e. The highest BCUT2D eigenvalue weighted by Gasteiger charge is 2.23. The van der Waals surface area contributed by atoms with Crippen molar-refractivity contribution in [2.24, 2.45) is 0 Å². The lowest BCUT2D eigenvalue weighted by molar-refractivity contribution is 0.485. The molecule has 1 aliphatic heterocycles. The zero-order valence-corrected chi connectivity index (χ0v) is 16.8. The Morgan fingerprint density at radius 3 is 2.63 bits per heavy atom. The van der Waals surface area contributed by atoms with E-state index >= 15 is 0 Å². The van der Waals surface area contributed by atoms with Crippen LogP contribution in [-0.4, -0.2) is 18.6 Å². The third kappa shape index (κ3) is 3.06. The maximum Gasteiger partial charge on any atom is 0.272 e. The molecule has 0 radical (unpaired) electrons. The fourth-order valence-electron chi connectivity index (χ4n) is 3.53. The minimum Gasteiger partial charge on any atom is -0.456 e. The van der Waals surface area contributed by atoms with Gasteiger partial charge in [0, 0.05) is 12.1 Å². The number of hydrogen-bond acceptors (Lipinski definition) is 5. The van der Waals surface area contributed by atoms with Crippen LogP contribution in [-0.2, 0) is 16.6 Å². The van der Waals surface area contributed by atoms with Crippen molar-refractivity contribution in [3.8, 4) is 22.8 Å². The number of rotatable bonds is 4. The average Bonchev–Trinajstić information content (AvgIpc) is 2.75. The number of sulfonamides is 1. The van der Waals surface area contributed by atoms with Crippen LogP contribution in [0.2, 0.25) is 0 Å². The van der Waals surface area contributed by atoms with Crippen LogP contribution in [0.4, 0.5) is 0 Å². The van der Waals surface area contributed by atoms with Gasteiger partial charge in [-0.15, -0.1) is 0 Å². The molecule has 0 amide bonds. The summed E-state index contributed by atoms with van der Waals surface area (Å²) in [5.74, 6) is 1.17. The number of fused-ring (bicyclic) bond motifs is 2. The van der Waals surface area contributed by atoms with Crippen LogP contribution in [0.1, 0.15) is 11.1 Å². The predicted octanol–water partition coefficient (Wildman–Crippen LogP) is 3.48. The molecule has 150 valence electrons. The quantitative estimate of drug-likeness (QED) is 0.464. The molecule has 4 aromatic rings. The number of aromatic nitrogens is 2. The highest BCUT2D eigenvalue weighted by molar-refractivity contribution is 7.89. The molecule has 0 saturated heterocycles. The smallest absolute Gasteiger partial charge is 0.272 e. The first-order valence-electron chi connectivity index (χ1n) is 9.31. The van der Waals surface area contributed by atoms with Crippen LogP contribution < -0.4 is 15.0 Å². The van der Waals surface area contributed by atoms with Gasteiger partial charge in [-0.25, -0.2) is 18.2 Å². The van der Waals surface area contributed by atoms with Crippen molar-refractivity contribution in [2.45, 2.75) is 18.4 Å². The predicted molar refractivity (Wildman–Crippen MR) is 113 cm³/mol. The van der Waals surface area contributed by atoms with Gasteiger partial charge in [-0.05, 0) is 48.9 Å². The molecule has 7 nitrogen and oxygen atoms in total. The van der Waals surface area contributed by atoms with E-state index in [1.807, 2.05) is 13.0 Å². The third-order valence-electron chi connectivity index (χ3n) is 5.09. The fourth-order valence-corrected chi connectivity index (χ4v) is 4.54. The van der Waals surface area contributed by atoms with Gasteiger partial charge < -0.3 is 4.74 Å². The zero-order valence-electron chi connectivity index (χ0n) is 16.0. The molecule has 3 aromatic carbocycles. The lowest BCUT2D eigenvalue weighted by atomic mass is 9.99. The lowest BCUT2D eigenvalue weighted by Crippen LogP contribution is -2.23. The summed E-state index contributed by atoms with van der Waals surface area (Å²) in [5.41, 5.74) is 2.74. The molecule has 0 aliphatic carbocycles. The molecule has 0 bridgehead atoms. The Balaban J connectivity index is 1.50. The van der Waals surface area contributed by atoms with Crippen LogP contribution in [0.3, 0.4) is 0 Å². The molecule has 30 heavy (non-hydrogen) atoms. The van der Waals surface area contributed by atoms with Crippen molar-refractivity contribution in [1.82, 2.24) is 14.9 Å². The monoisotopic (exact) mass is 419 g/mol. The van der Waals surface area contributed by atoms with Gasteiger partial charge in [-0.2, -0.15) is 5.10 Å². The van der Waals surface area contributed by atoms with Crippen molar-refractivity contribution >= 4 is 20.8 Å². The highest BCUT2D eigenvalue weighted by Crippen LogP contribution is 2.44. The number of nitrogens with zero attached hydrogens (tertiary/aromatic N) is 1. The highest BCUT2D eigenvalue weighted by atomic mass is 32.2. The van der Waals surface area contributed by atoms with E-state index in [0.29, 0.717) is 33.5 Å². The van der Waals surface area contributed by atoms with Crippen LogP contribution >= 0.6 is 0 Å². The Kier molecular flexibility index (Phi) is 4.19. The second kappa shape index (κ2) is 6.79. The Labute approximate surface area is 172 Å². The van der Waals surface area contributed by atoms with E-state index in [1.54, 1.807) is 54.6 Å². The summed E-state index contributed by atoms with van der Waals surface area (Å²) < 4.78 is 33.7. The Morgan fingerprint density at radius 2 is 1.83 bits per heavy atom. The van der Waals surface area contributed by atoms with Crippen LogP contribution in [0.25, 0.3) is 22.0 Å². The van der Waals surface area contributed by atoms with Crippen molar-refractivity contribution < 1.29 is 13.2 Å². The number of hydrogen-bond donors (Lipinski definition) is 2. The number of H-pyrrole nitrogens is 1. The van der Waals surface area contributed by atoms with Crippen molar-refractivity contribution in [3.05, 3.63) is 82.1 Å². The summed E-state index contributed by atoms with van der Waals surface area (Å²) in [6, 6.07) is 17.3. The number of aryl methyl sites for hydroxylation is 1. The SMILES string of the molecule is Cc1ccc(S(=O)(=O)NCc2ccc3c(c2)-c2n[nH]c(=O)c4cccc(c24)O3)cc1. The second-order valence-electron chi connectivity index (χ2n) is 7.15. The van der Waals surface area contributed by atoms with Crippen molar-refractivity contribution in [1.29, 1.82) is 0 Å². The van der Waals surface area contributed by atoms with E-state index in [0.717, 1.165) is 11.1 Å². The summed E-state index contributed by atoms with van der Waals surface area (Å²) >= 11 is 0. The first-order valence-corrected chi connectivity index (χ1v) is 10.8. The fraction of sp³-hybridized carbons (Fsp3) is 0.0909. The molecule has 2 N–H and O–H groups in total. The first kappa shape index (κ1) is 18.5. The summed E-state index contributed by atoms with van der Waals surface area (Å²) in [5, 5.41) is 7.89. The summed E-state index contributed by atoms with van der Waals surface area (Å²) in [6.45, 7) is 2.01. The van der Waals surface area contributed by atoms with E-state index in [-0.39, 0.29) is 17.0 Å². The molecule has 0 saturated carbocycles. The summed E-state index contributed by atoms with van der Waals surface area (Å²) in [4.78, 5) is 12.3. The molecule has 1 aliphatic rings.